The lowest BCUT2D eigenvalue weighted by Crippen LogP contribution is -2.53. The molecule has 1 saturated carbocycles. The van der Waals surface area contributed by atoms with Gasteiger partial charge in [-0.3, -0.25) is 0 Å². The maximum absolute atomic E-state index is 6.48. The number of nitrogens with two attached hydrogens (primary N) is 2. The number of pyridine rings is 1. The highest BCUT2D eigenvalue weighted by atomic mass is 16.5. The van der Waals surface area contributed by atoms with Gasteiger partial charge in [0.15, 0.2) is 0 Å². The molecule has 20 heavy (non-hydrogen) atoms. The summed E-state index contributed by atoms with van der Waals surface area (Å²) in [6, 6.07) is 3.87. The first-order valence-electron chi connectivity index (χ1n) is 7.38. The molecule has 1 aromatic heterocycles. The van der Waals surface area contributed by atoms with Crippen LogP contribution in [0.5, 0.6) is 0 Å². The van der Waals surface area contributed by atoms with E-state index in [0.717, 1.165) is 37.7 Å². The third-order valence-electron chi connectivity index (χ3n) is 4.83. The Balaban J connectivity index is 2.08. The Kier molecular flexibility index (Phi) is 4.35. The average molecular weight is 277 g/mol. The highest BCUT2D eigenvalue weighted by Crippen LogP contribution is 2.43. The molecule has 1 atom stereocenters. The van der Waals surface area contributed by atoms with Gasteiger partial charge in [-0.2, -0.15) is 0 Å². The fourth-order valence-electron chi connectivity index (χ4n) is 3.14. The number of nitrogen functional groups attached to an aromatic ring is 1. The van der Waals surface area contributed by atoms with Crippen LogP contribution in [0.4, 0.5) is 5.82 Å². The summed E-state index contributed by atoms with van der Waals surface area (Å²) >= 11 is 0. The largest absolute Gasteiger partial charge is 0.384 e. The summed E-state index contributed by atoms with van der Waals surface area (Å²) in [5.41, 5.74) is 13.5. The minimum Gasteiger partial charge on any atom is -0.384 e. The maximum atomic E-state index is 6.48. The van der Waals surface area contributed by atoms with Crippen molar-refractivity contribution in [2.75, 3.05) is 12.8 Å². The molecule has 0 aromatic carbocycles. The van der Waals surface area contributed by atoms with Gasteiger partial charge >= 0.3 is 0 Å². The molecule has 1 heterocycles. The molecule has 1 aliphatic carbocycles. The molecule has 0 bridgehead atoms. The molecular formula is C16H27N3O. The molecule has 1 aromatic rings. The Labute approximate surface area is 121 Å². The van der Waals surface area contributed by atoms with Crippen molar-refractivity contribution in [2.45, 2.75) is 57.6 Å². The SMILES string of the molecule is COC1(C(N)Cc2ccnc(N)c2)CCC(C)(C)CC1. The van der Waals surface area contributed by atoms with Crippen LogP contribution in [0.25, 0.3) is 0 Å². The van der Waals surface area contributed by atoms with Crippen molar-refractivity contribution in [1.82, 2.24) is 4.98 Å². The average Bonchev–Trinajstić information content (AvgIpc) is 2.39. The Morgan fingerprint density at radius 2 is 1.95 bits per heavy atom. The van der Waals surface area contributed by atoms with E-state index in [0.29, 0.717) is 11.2 Å². The van der Waals surface area contributed by atoms with Crippen molar-refractivity contribution < 1.29 is 4.74 Å². The van der Waals surface area contributed by atoms with Crippen LogP contribution in [0.1, 0.15) is 45.1 Å². The van der Waals surface area contributed by atoms with Crippen molar-refractivity contribution in [3.05, 3.63) is 23.9 Å². The van der Waals surface area contributed by atoms with Crippen molar-refractivity contribution >= 4 is 5.82 Å². The van der Waals surface area contributed by atoms with Gasteiger partial charge in [-0.25, -0.2) is 4.98 Å². The smallest absolute Gasteiger partial charge is 0.123 e. The number of ether oxygens (including phenoxy) is 1. The molecule has 112 valence electrons. The molecule has 0 spiro atoms. The van der Waals surface area contributed by atoms with Gasteiger partial charge in [0.25, 0.3) is 0 Å². The van der Waals surface area contributed by atoms with Gasteiger partial charge in [-0.15, -0.1) is 0 Å². The molecule has 0 radical (unpaired) electrons. The Morgan fingerprint density at radius 1 is 1.30 bits per heavy atom. The minimum atomic E-state index is -0.201. The van der Waals surface area contributed by atoms with Gasteiger partial charge < -0.3 is 16.2 Å². The summed E-state index contributed by atoms with van der Waals surface area (Å²) in [6.45, 7) is 4.64. The predicted octanol–water partition coefficient (Wildman–Crippen LogP) is 2.52. The lowest BCUT2D eigenvalue weighted by atomic mass is 9.68. The Morgan fingerprint density at radius 3 is 2.50 bits per heavy atom. The molecule has 2 rings (SSSR count). The minimum absolute atomic E-state index is 0.00889. The highest BCUT2D eigenvalue weighted by molar-refractivity contribution is 5.32. The molecule has 0 saturated heterocycles. The van der Waals surface area contributed by atoms with Gasteiger partial charge in [-0.05, 0) is 55.2 Å². The topological polar surface area (TPSA) is 74.2 Å². The number of rotatable bonds is 4. The second-order valence-corrected chi connectivity index (χ2v) is 6.83. The van der Waals surface area contributed by atoms with E-state index in [4.69, 9.17) is 16.2 Å². The summed E-state index contributed by atoms with van der Waals surface area (Å²) < 4.78 is 5.86. The number of methoxy groups -OCH3 is 1. The molecule has 4 heteroatoms. The first kappa shape index (κ1) is 15.3. The van der Waals surface area contributed by atoms with Gasteiger partial charge in [-0.1, -0.05) is 13.8 Å². The maximum Gasteiger partial charge on any atom is 0.123 e. The Hall–Kier alpha value is -1.13. The standard InChI is InChI=1S/C16H27N3O/c1-15(2)5-7-16(20-3,8-6-15)13(17)10-12-4-9-19-14(18)11-12/h4,9,11,13H,5-8,10,17H2,1-3H3,(H2,18,19). The zero-order chi connectivity index (χ0) is 14.8. The number of hydrogen-bond acceptors (Lipinski definition) is 4. The number of hydrogen-bond donors (Lipinski definition) is 2. The third-order valence-corrected chi connectivity index (χ3v) is 4.83. The lowest BCUT2D eigenvalue weighted by molar-refractivity contribution is -0.0781. The van der Waals surface area contributed by atoms with E-state index < -0.39 is 0 Å². The summed E-state index contributed by atoms with van der Waals surface area (Å²) in [6.07, 6.45) is 6.89. The zero-order valence-corrected chi connectivity index (χ0v) is 12.9. The van der Waals surface area contributed by atoms with E-state index in [1.165, 1.54) is 0 Å². The fourth-order valence-corrected chi connectivity index (χ4v) is 3.14. The van der Waals surface area contributed by atoms with Crippen LogP contribution in [0.2, 0.25) is 0 Å². The quantitative estimate of drug-likeness (QED) is 0.887. The van der Waals surface area contributed by atoms with Crippen molar-refractivity contribution in [1.29, 1.82) is 0 Å². The monoisotopic (exact) mass is 277 g/mol. The predicted molar refractivity (Wildman–Crippen MR) is 82.3 cm³/mol. The van der Waals surface area contributed by atoms with Gasteiger partial charge in [0.1, 0.15) is 5.82 Å². The van der Waals surface area contributed by atoms with Crippen LogP contribution in [-0.4, -0.2) is 23.7 Å². The number of nitrogens with zero attached hydrogens (tertiary/aromatic N) is 1. The van der Waals surface area contributed by atoms with Gasteiger partial charge in [0.2, 0.25) is 0 Å². The molecule has 4 N–H and O–H groups in total. The summed E-state index contributed by atoms with van der Waals surface area (Å²) in [4.78, 5) is 4.02. The number of aromatic nitrogens is 1. The molecule has 1 fully saturated rings. The van der Waals surface area contributed by atoms with Crippen molar-refractivity contribution in [3.63, 3.8) is 0 Å². The molecule has 0 aliphatic heterocycles. The Bertz CT molecular complexity index is 449. The second kappa shape index (κ2) is 5.70. The van der Waals surface area contributed by atoms with Crippen LogP contribution >= 0.6 is 0 Å². The van der Waals surface area contributed by atoms with E-state index in [2.05, 4.69) is 18.8 Å². The normalized spacial score (nSPS) is 22.4. The summed E-state index contributed by atoms with van der Waals surface area (Å²) in [7, 11) is 1.79. The van der Waals surface area contributed by atoms with Crippen molar-refractivity contribution in [3.8, 4) is 0 Å². The van der Waals surface area contributed by atoms with Crippen LogP contribution in [0.15, 0.2) is 18.3 Å². The van der Waals surface area contributed by atoms with E-state index in [1.807, 2.05) is 12.1 Å². The highest BCUT2D eigenvalue weighted by Gasteiger charge is 2.42. The van der Waals surface area contributed by atoms with E-state index in [-0.39, 0.29) is 11.6 Å². The first-order valence-corrected chi connectivity index (χ1v) is 7.38. The molecule has 0 amide bonds. The summed E-state index contributed by atoms with van der Waals surface area (Å²) in [5, 5.41) is 0. The second-order valence-electron chi connectivity index (χ2n) is 6.83. The van der Waals surface area contributed by atoms with Crippen LogP contribution in [0, 0.1) is 5.41 Å². The zero-order valence-electron chi connectivity index (χ0n) is 12.9. The van der Waals surface area contributed by atoms with E-state index in [1.54, 1.807) is 13.3 Å². The fraction of sp³-hybridized carbons (Fsp3) is 0.688. The third kappa shape index (κ3) is 3.30. The van der Waals surface area contributed by atoms with Gasteiger partial charge in [0.05, 0.1) is 5.60 Å². The van der Waals surface area contributed by atoms with Gasteiger partial charge in [0, 0.05) is 19.3 Å². The number of anilines is 1. The molecule has 4 nitrogen and oxygen atoms in total. The van der Waals surface area contributed by atoms with E-state index >= 15 is 0 Å². The van der Waals surface area contributed by atoms with Crippen LogP contribution in [0.3, 0.4) is 0 Å². The van der Waals surface area contributed by atoms with E-state index in [9.17, 15) is 0 Å². The van der Waals surface area contributed by atoms with Crippen LogP contribution in [-0.2, 0) is 11.2 Å². The van der Waals surface area contributed by atoms with Crippen LogP contribution < -0.4 is 11.5 Å². The first-order chi connectivity index (χ1) is 9.37. The molecular weight excluding hydrogens is 250 g/mol. The molecule has 1 unspecified atom stereocenters. The van der Waals surface area contributed by atoms with Crippen molar-refractivity contribution in [2.24, 2.45) is 11.1 Å². The summed E-state index contributed by atoms with van der Waals surface area (Å²) in [5.74, 6) is 0.547. The molecule has 1 aliphatic rings. The lowest BCUT2D eigenvalue weighted by Gasteiger charge is -2.46.